The van der Waals surface area contributed by atoms with Gasteiger partial charge in [-0.25, -0.2) is 4.39 Å². The monoisotopic (exact) mass is 318 g/mol. The van der Waals surface area contributed by atoms with Crippen LogP contribution in [-0.4, -0.2) is 28.1 Å². The molecule has 1 aromatic heterocycles. The molecule has 0 spiro atoms. The molecule has 1 amide bonds. The van der Waals surface area contributed by atoms with Crippen LogP contribution in [0.15, 0.2) is 28.7 Å². The Morgan fingerprint density at radius 2 is 2.26 bits per heavy atom. The van der Waals surface area contributed by atoms with Crippen LogP contribution < -0.4 is 5.73 Å². The molecule has 1 atom stereocenters. The normalized spacial score (nSPS) is 16.3. The molecule has 1 saturated carbocycles. The maximum atomic E-state index is 13.4. The van der Waals surface area contributed by atoms with Gasteiger partial charge in [0, 0.05) is 5.92 Å². The van der Waals surface area contributed by atoms with Gasteiger partial charge in [0.1, 0.15) is 11.9 Å². The molecule has 1 unspecified atom stereocenters. The van der Waals surface area contributed by atoms with Gasteiger partial charge in [-0.05, 0) is 37.6 Å². The molecule has 2 aromatic rings. The van der Waals surface area contributed by atoms with E-state index in [9.17, 15) is 9.18 Å². The first-order valence-corrected chi connectivity index (χ1v) is 7.62. The Kier molecular flexibility index (Phi) is 4.38. The van der Waals surface area contributed by atoms with Crippen molar-refractivity contribution >= 4 is 5.91 Å². The molecule has 0 radical (unpaired) electrons. The fourth-order valence-electron chi connectivity index (χ4n) is 2.77. The number of carbonyl (C=O) groups excluding carboxylic acids is 1. The van der Waals surface area contributed by atoms with E-state index in [1.807, 2.05) is 0 Å². The third-order valence-corrected chi connectivity index (χ3v) is 4.20. The summed E-state index contributed by atoms with van der Waals surface area (Å²) in [5.74, 6) is 0.471. The van der Waals surface area contributed by atoms with Crippen molar-refractivity contribution in [2.45, 2.75) is 37.8 Å². The van der Waals surface area contributed by atoms with Crippen molar-refractivity contribution in [3.8, 4) is 0 Å². The molecule has 2 N–H and O–H groups in total. The Bertz CT molecular complexity index is 699. The van der Waals surface area contributed by atoms with Gasteiger partial charge in [0.25, 0.3) is 0 Å². The summed E-state index contributed by atoms with van der Waals surface area (Å²) in [6, 6.07) is 5.09. The van der Waals surface area contributed by atoms with Gasteiger partial charge in [-0.15, -0.1) is 10.2 Å². The number of halogens is 1. The Balaban J connectivity index is 1.74. The smallest absolute Gasteiger partial charge is 0.239 e. The summed E-state index contributed by atoms with van der Waals surface area (Å²) in [6.45, 7) is 0.268. The van der Waals surface area contributed by atoms with Crippen LogP contribution in [0.25, 0.3) is 0 Å². The van der Waals surface area contributed by atoms with E-state index in [-0.39, 0.29) is 6.54 Å². The highest BCUT2D eigenvalue weighted by atomic mass is 19.1. The molecule has 23 heavy (non-hydrogen) atoms. The number of likely N-dealkylation sites (N-methyl/N-ethyl adjacent to an activating group) is 1. The second-order valence-corrected chi connectivity index (χ2v) is 5.94. The topological polar surface area (TPSA) is 85.2 Å². The van der Waals surface area contributed by atoms with Crippen LogP contribution in [0.2, 0.25) is 0 Å². The highest BCUT2D eigenvalue weighted by Crippen LogP contribution is 2.35. The SMILES string of the molecule is CN(Cc1nnc(C2CCC2)o1)C(C(N)=O)c1cccc(F)c1. The summed E-state index contributed by atoms with van der Waals surface area (Å²) in [4.78, 5) is 13.5. The molecule has 1 fully saturated rings. The van der Waals surface area contributed by atoms with Crippen molar-refractivity contribution in [3.05, 3.63) is 47.4 Å². The number of nitrogens with zero attached hydrogens (tertiary/aromatic N) is 3. The molecule has 1 aliphatic carbocycles. The first kappa shape index (κ1) is 15.6. The van der Waals surface area contributed by atoms with E-state index in [4.69, 9.17) is 10.2 Å². The zero-order valence-corrected chi connectivity index (χ0v) is 12.9. The van der Waals surface area contributed by atoms with E-state index in [2.05, 4.69) is 10.2 Å². The molecule has 3 rings (SSSR count). The van der Waals surface area contributed by atoms with Crippen molar-refractivity contribution in [2.75, 3.05) is 7.05 Å². The molecular formula is C16H19FN4O2. The quantitative estimate of drug-likeness (QED) is 0.882. The van der Waals surface area contributed by atoms with E-state index in [0.29, 0.717) is 23.3 Å². The molecular weight excluding hydrogens is 299 g/mol. The summed E-state index contributed by atoms with van der Waals surface area (Å²) < 4.78 is 19.1. The van der Waals surface area contributed by atoms with Crippen LogP contribution in [0.4, 0.5) is 4.39 Å². The highest BCUT2D eigenvalue weighted by molar-refractivity contribution is 5.81. The number of benzene rings is 1. The van der Waals surface area contributed by atoms with Crippen LogP contribution in [0.5, 0.6) is 0 Å². The molecule has 0 saturated heterocycles. The summed E-state index contributed by atoms with van der Waals surface area (Å²) in [6.07, 6.45) is 3.33. The summed E-state index contributed by atoms with van der Waals surface area (Å²) in [5.41, 5.74) is 5.99. The molecule has 1 heterocycles. The lowest BCUT2D eigenvalue weighted by atomic mass is 9.85. The molecule has 6 nitrogen and oxygen atoms in total. The summed E-state index contributed by atoms with van der Waals surface area (Å²) in [7, 11) is 1.72. The summed E-state index contributed by atoms with van der Waals surface area (Å²) in [5, 5.41) is 8.09. The molecule has 1 aromatic carbocycles. The molecule has 0 bridgehead atoms. The van der Waals surface area contributed by atoms with Crippen molar-refractivity contribution in [1.29, 1.82) is 0 Å². The number of rotatable bonds is 6. The number of hydrogen-bond acceptors (Lipinski definition) is 5. The number of aromatic nitrogens is 2. The minimum absolute atomic E-state index is 0.268. The molecule has 7 heteroatoms. The Hall–Kier alpha value is -2.28. The second kappa shape index (κ2) is 6.45. The molecule has 1 aliphatic rings. The Morgan fingerprint density at radius 3 is 2.87 bits per heavy atom. The van der Waals surface area contributed by atoms with E-state index in [1.54, 1.807) is 24.1 Å². The van der Waals surface area contributed by atoms with E-state index in [1.165, 1.54) is 18.6 Å². The van der Waals surface area contributed by atoms with E-state index < -0.39 is 17.8 Å². The van der Waals surface area contributed by atoms with Gasteiger partial charge in [0.05, 0.1) is 6.54 Å². The zero-order valence-electron chi connectivity index (χ0n) is 12.9. The number of nitrogens with two attached hydrogens (primary N) is 1. The molecule has 0 aliphatic heterocycles. The van der Waals surface area contributed by atoms with Gasteiger partial charge < -0.3 is 10.2 Å². The zero-order chi connectivity index (χ0) is 16.4. The highest BCUT2D eigenvalue weighted by Gasteiger charge is 2.27. The largest absolute Gasteiger partial charge is 0.424 e. The summed E-state index contributed by atoms with van der Waals surface area (Å²) >= 11 is 0. The number of amides is 1. The Morgan fingerprint density at radius 1 is 1.48 bits per heavy atom. The Labute approximate surface area is 133 Å². The predicted octanol–water partition coefficient (Wildman–Crippen LogP) is 2.13. The van der Waals surface area contributed by atoms with E-state index >= 15 is 0 Å². The molecule has 122 valence electrons. The predicted molar refractivity (Wildman–Crippen MR) is 80.7 cm³/mol. The standard InChI is InChI=1S/C16H19FN4O2/c1-21(9-13-19-20-16(23-13)10-4-2-5-10)14(15(18)22)11-6-3-7-12(17)8-11/h3,6-8,10,14H,2,4-5,9H2,1H3,(H2,18,22). The van der Waals surface area contributed by atoms with Crippen LogP contribution in [0, 0.1) is 5.82 Å². The van der Waals surface area contributed by atoms with Gasteiger partial charge >= 0.3 is 0 Å². The minimum Gasteiger partial charge on any atom is -0.424 e. The third-order valence-electron chi connectivity index (χ3n) is 4.20. The van der Waals surface area contributed by atoms with Crippen LogP contribution in [-0.2, 0) is 11.3 Å². The fraction of sp³-hybridized carbons (Fsp3) is 0.438. The third kappa shape index (κ3) is 3.39. The number of primary amides is 1. The fourth-order valence-corrected chi connectivity index (χ4v) is 2.77. The second-order valence-electron chi connectivity index (χ2n) is 5.94. The van der Waals surface area contributed by atoms with Crippen molar-refractivity contribution in [3.63, 3.8) is 0 Å². The van der Waals surface area contributed by atoms with Crippen LogP contribution in [0.3, 0.4) is 0 Å². The average Bonchev–Trinajstić information content (AvgIpc) is 2.84. The maximum Gasteiger partial charge on any atom is 0.239 e. The minimum atomic E-state index is -0.759. The van der Waals surface area contributed by atoms with Gasteiger partial charge in [-0.2, -0.15) is 0 Å². The first-order valence-electron chi connectivity index (χ1n) is 7.62. The van der Waals surface area contributed by atoms with Crippen molar-refractivity contribution < 1.29 is 13.6 Å². The lowest BCUT2D eigenvalue weighted by molar-refractivity contribution is -0.123. The average molecular weight is 318 g/mol. The van der Waals surface area contributed by atoms with Gasteiger partial charge in [-0.3, -0.25) is 9.69 Å². The van der Waals surface area contributed by atoms with Gasteiger partial charge in [-0.1, -0.05) is 18.6 Å². The van der Waals surface area contributed by atoms with Gasteiger partial charge in [0.2, 0.25) is 17.7 Å². The lowest BCUT2D eigenvalue weighted by Crippen LogP contribution is -2.35. The number of carbonyl (C=O) groups is 1. The van der Waals surface area contributed by atoms with Crippen LogP contribution in [0.1, 0.15) is 48.6 Å². The lowest BCUT2D eigenvalue weighted by Gasteiger charge is -2.24. The maximum absolute atomic E-state index is 13.4. The van der Waals surface area contributed by atoms with Gasteiger partial charge in [0.15, 0.2) is 0 Å². The number of hydrogen-bond donors (Lipinski definition) is 1. The first-order chi connectivity index (χ1) is 11.0. The van der Waals surface area contributed by atoms with Crippen LogP contribution >= 0.6 is 0 Å². The van der Waals surface area contributed by atoms with Crippen molar-refractivity contribution in [1.82, 2.24) is 15.1 Å². The van der Waals surface area contributed by atoms with E-state index in [0.717, 1.165) is 12.8 Å². The van der Waals surface area contributed by atoms with Crippen molar-refractivity contribution in [2.24, 2.45) is 5.73 Å².